The monoisotopic (exact) mass is 363 g/mol. The molecule has 5 aromatic rings. The lowest BCUT2D eigenvalue weighted by Crippen LogP contribution is -1.99. The Morgan fingerprint density at radius 3 is 1.86 bits per heavy atom. The van der Waals surface area contributed by atoms with E-state index in [0.29, 0.717) is 0 Å². The molecule has 0 unspecified atom stereocenters. The van der Waals surface area contributed by atoms with Gasteiger partial charge in [0.1, 0.15) is 17.1 Å². The van der Waals surface area contributed by atoms with Crippen molar-refractivity contribution >= 4 is 0 Å². The minimum Gasteiger partial charge on any atom is -0.232 e. The summed E-state index contributed by atoms with van der Waals surface area (Å²) in [7, 11) is 0. The number of aromatic nitrogens is 5. The summed E-state index contributed by atoms with van der Waals surface area (Å²) >= 11 is 0. The van der Waals surface area contributed by atoms with Crippen molar-refractivity contribution in [3.05, 3.63) is 97.1 Å². The second-order valence-electron chi connectivity index (χ2n) is 6.42. The van der Waals surface area contributed by atoms with Crippen LogP contribution in [-0.4, -0.2) is 25.2 Å². The van der Waals surface area contributed by atoms with Crippen LogP contribution in [0.5, 0.6) is 0 Å². The van der Waals surface area contributed by atoms with E-state index in [2.05, 4.69) is 33.6 Å². The average Bonchev–Trinajstić information content (AvgIpc) is 3.43. The molecule has 0 aliphatic carbocycles. The van der Waals surface area contributed by atoms with Gasteiger partial charge in [-0.15, -0.1) is 0 Å². The first-order chi connectivity index (χ1) is 13.9. The van der Waals surface area contributed by atoms with Crippen LogP contribution in [0.3, 0.4) is 0 Å². The van der Waals surface area contributed by atoms with E-state index in [9.17, 15) is 0 Å². The van der Waals surface area contributed by atoms with Crippen LogP contribution in [0.25, 0.3) is 39.6 Å². The first kappa shape index (κ1) is 16.2. The fourth-order valence-corrected chi connectivity index (χ4v) is 3.28. The number of benzene rings is 3. The maximum absolute atomic E-state index is 4.88. The predicted octanol–water partition coefficient (Wildman–Crippen LogP) is 4.99. The molecular weight excluding hydrogens is 346 g/mol. The smallest absolute Gasteiger partial charge is 0.141 e. The summed E-state index contributed by atoms with van der Waals surface area (Å²) in [5, 5.41) is 16.4. The number of nitrogens with zero attached hydrogens (tertiary/aromatic N) is 4. The molecule has 5 heteroatoms. The van der Waals surface area contributed by atoms with E-state index in [4.69, 9.17) is 5.10 Å². The van der Waals surface area contributed by atoms with Crippen LogP contribution >= 0.6 is 0 Å². The molecule has 0 spiro atoms. The lowest BCUT2D eigenvalue weighted by atomic mass is 10.1. The SMILES string of the molecule is c1ccc(-c2n[nH]nc2-c2cc(-c3ccccc3)n(-c3ccccc3)n2)cc1. The third-order valence-corrected chi connectivity index (χ3v) is 4.62. The number of rotatable bonds is 4. The Morgan fingerprint density at radius 2 is 1.18 bits per heavy atom. The van der Waals surface area contributed by atoms with Crippen molar-refractivity contribution in [2.75, 3.05) is 0 Å². The van der Waals surface area contributed by atoms with Gasteiger partial charge < -0.3 is 0 Å². The van der Waals surface area contributed by atoms with Crippen LogP contribution in [0.4, 0.5) is 0 Å². The number of hydrogen-bond acceptors (Lipinski definition) is 3. The summed E-state index contributed by atoms with van der Waals surface area (Å²) in [6.07, 6.45) is 0. The first-order valence-electron chi connectivity index (χ1n) is 9.07. The van der Waals surface area contributed by atoms with Gasteiger partial charge in [-0.1, -0.05) is 78.9 Å². The van der Waals surface area contributed by atoms with E-state index in [-0.39, 0.29) is 0 Å². The molecule has 0 fully saturated rings. The first-order valence-corrected chi connectivity index (χ1v) is 9.07. The van der Waals surface area contributed by atoms with Gasteiger partial charge in [-0.05, 0) is 18.2 Å². The zero-order chi connectivity index (χ0) is 18.8. The number of para-hydroxylation sites is 1. The minimum absolute atomic E-state index is 0.734. The molecule has 1 N–H and O–H groups in total. The van der Waals surface area contributed by atoms with E-state index < -0.39 is 0 Å². The normalized spacial score (nSPS) is 10.9. The highest BCUT2D eigenvalue weighted by atomic mass is 15.3. The van der Waals surface area contributed by atoms with Gasteiger partial charge in [0.05, 0.1) is 11.4 Å². The molecule has 0 saturated carbocycles. The molecule has 0 saturated heterocycles. The Hall–Kier alpha value is -3.99. The van der Waals surface area contributed by atoms with Gasteiger partial charge in [0.25, 0.3) is 0 Å². The predicted molar refractivity (Wildman–Crippen MR) is 110 cm³/mol. The Balaban J connectivity index is 1.69. The highest BCUT2D eigenvalue weighted by Gasteiger charge is 2.19. The van der Waals surface area contributed by atoms with Crippen LogP contribution in [0.2, 0.25) is 0 Å². The second kappa shape index (κ2) is 6.96. The Kier molecular flexibility index (Phi) is 4.03. The minimum atomic E-state index is 0.734. The lowest BCUT2D eigenvalue weighted by Gasteiger charge is -2.07. The summed E-state index contributed by atoms with van der Waals surface area (Å²) in [4.78, 5) is 0. The van der Waals surface area contributed by atoms with Crippen LogP contribution in [-0.2, 0) is 0 Å². The Bertz CT molecular complexity index is 1130. The van der Waals surface area contributed by atoms with Crippen molar-refractivity contribution in [2.24, 2.45) is 0 Å². The second-order valence-corrected chi connectivity index (χ2v) is 6.42. The number of H-pyrrole nitrogens is 1. The number of nitrogens with one attached hydrogen (secondary N) is 1. The van der Waals surface area contributed by atoms with Crippen molar-refractivity contribution in [3.8, 4) is 39.6 Å². The van der Waals surface area contributed by atoms with Crippen LogP contribution in [0.1, 0.15) is 0 Å². The van der Waals surface area contributed by atoms with Crippen molar-refractivity contribution in [1.82, 2.24) is 25.2 Å². The summed E-state index contributed by atoms with van der Waals surface area (Å²) in [6.45, 7) is 0. The molecule has 0 aliphatic rings. The van der Waals surface area contributed by atoms with Gasteiger partial charge in [0, 0.05) is 11.1 Å². The fraction of sp³-hybridized carbons (Fsp3) is 0. The van der Waals surface area contributed by atoms with Gasteiger partial charge in [-0.25, -0.2) is 4.68 Å². The summed E-state index contributed by atoms with van der Waals surface area (Å²) in [5.41, 5.74) is 6.39. The summed E-state index contributed by atoms with van der Waals surface area (Å²) < 4.78 is 1.95. The molecule has 0 aliphatic heterocycles. The maximum Gasteiger partial charge on any atom is 0.141 e. The van der Waals surface area contributed by atoms with Crippen molar-refractivity contribution in [2.45, 2.75) is 0 Å². The van der Waals surface area contributed by atoms with E-state index in [1.54, 1.807) is 0 Å². The van der Waals surface area contributed by atoms with E-state index in [1.165, 1.54) is 0 Å². The van der Waals surface area contributed by atoms with Crippen LogP contribution < -0.4 is 0 Å². The topological polar surface area (TPSA) is 59.4 Å². The Labute approximate surface area is 162 Å². The highest BCUT2D eigenvalue weighted by molar-refractivity contribution is 5.78. The third kappa shape index (κ3) is 2.89. The lowest BCUT2D eigenvalue weighted by molar-refractivity contribution is 0.886. The van der Waals surface area contributed by atoms with Gasteiger partial charge in [-0.2, -0.15) is 20.5 Å². The zero-order valence-corrected chi connectivity index (χ0v) is 15.0. The third-order valence-electron chi connectivity index (χ3n) is 4.62. The molecule has 3 aromatic carbocycles. The van der Waals surface area contributed by atoms with E-state index >= 15 is 0 Å². The molecule has 0 radical (unpaired) electrons. The fourth-order valence-electron chi connectivity index (χ4n) is 3.28. The van der Waals surface area contributed by atoms with Gasteiger partial charge in [0.15, 0.2) is 0 Å². The summed E-state index contributed by atoms with van der Waals surface area (Å²) in [6, 6.07) is 32.4. The van der Waals surface area contributed by atoms with Gasteiger partial charge in [0.2, 0.25) is 0 Å². The highest BCUT2D eigenvalue weighted by Crippen LogP contribution is 2.32. The largest absolute Gasteiger partial charge is 0.232 e. The summed E-state index contributed by atoms with van der Waals surface area (Å²) in [5.74, 6) is 0. The average molecular weight is 363 g/mol. The number of aromatic amines is 1. The molecule has 0 amide bonds. The maximum atomic E-state index is 4.88. The van der Waals surface area contributed by atoms with E-state index in [1.807, 2.05) is 83.5 Å². The van der Waals surface area contributed by atoms with Crippen molar-refractivity contribution in [3.63, 3.8) is 0 Å². The molecule has 2 heterocycles. The van der Waals surface area contributed by atoms with Crippen molar-refractivity contribution < 1.29 is 0 Å². The van der Waals surface area contributed by atoms with Crippen LogP contribution in [0, 0.1) is 0 Å². The molecule has 5 nitrogen and oxygen atoms in total. The quantitative estimate of drug-likeness (QED) is 0.489. The molecular formula is C23H17N5. The van der Waals surface area contributed by atoms with Gasteiger partial charge in [-0.3, -0.25) is 0 Å². The Morgan fingerprint density at radius 1 is 0.607 bits per heavy atom. The molecule has 28 heavy (non-hydrogen) atoms. The van der Waals surface area contributed by atoms with Crippen LogP contribution in [0.15, 0.2) is 97.1 Å². The molecule has 2 aromatic heterocycles. The molecule has 5 rings (SSSR count). The molecule has 134 valence electrons. The van der Waals surface area contributed by atoms with Crippen molar-refractivity contribution in [1.29, 1.82) is 0 Å². The number of hydrogen-bond donors (Lipinski definition) is 1. The zero-order valence-electron chi connectivity index (χ0n) is 15.0. The molecule has 0 atom stereocenters. The van der Waals surface area contributed by atoms with E-state index in [0.717, 1.165) is 39.6 Å². The standard InChI is InChI=1S/C23H17N5/c1-4-10-17(11-5-1)21-16-20(26-28(21)19-14-8-3-9-15-19)23-22(24-27-25-23)18-12-6-2-7-13-18/h1-16H,(H,24,25,27). The van der Waals surface area contributed by atoms with Gasteiger partial charge >= 0.3 is 0 Å². The molecule has 0 bridgehead atoms.